The van der Waals surface area contributed by atoms with Crippen LogP contribution in [0, 0.1) is 18.8 Å². The third-order valence-electron chi connectivity index (χ3n) is 4.93. The lowest BCUT2D eigenvalue weighted by Crippen LogP contribution is -2.32. The average molecular weight is 457 g/mol. The maximum atomic E-state index is 13.0. The Bertz CT molecular complexity index is 1020. The minimum atomic E-state index is -0.254. The van der Waals surface area contributed by atoms with E-state index in [1.807, 2.05) is 49.4 Å². The molecule has 0 radical (unpaired) electrons. The largest absolute Gasteiger partial charge is 0.352 e. The zero-order valence-electron chi connectivity index (χ0n) is 17.9. The van der Waals surface area contributed by atoms with E-state index in [0.29, 0.717) is 51.8 Å². The molecule has 1 N–H and O–H groups in total. The summed E-state index contributed by atoms with van der Waals surface area (Å²) in [7, 11) is 0. The highest BCUT2D eigenvalue weighted by Gasteiger charge is 2.23. The molecule has 162 valence electrons. The van der Waals surface area contributed by atoms with Gasteiger partial charge in [0.05, 0.1) is 16.4 Å². The van der Waals surface area contributed by atoms with Crippen molar-refractivity contribution in [3.63, 3.8) is 0 Å². The molecule has 2 aromatic heterocycles. The number of rotatable bonds is 8. The van der Waals surface area contributed by atoms with Crippen molar-refractivity contribution in [3.8, 4) is 11.5 Å². The fourth-order valence-electron chi connectivity index (χ4n) is 3.38. The first-order valence-electron chi connectivity index (χ1n) is 10.3. The number of hydrogen-bond donors (Lipinski definition) is 1. The number of carbonyl (C=O) groups is 1. The minimum Gasteiger partial charge on any atom is -0.352 e. The van der Waals surface area contributed by atoms with Crippen LogP contribution in [0.3, 0.4) is 0 Å². The van der Waals surface area contributed by atoms with Gasteiger partial charge < -0.3 is 5.32 Å². The van der Waals surface area contributed by atoms with Crippen LogP contribution in [-0.4, -0.2) is 20.9 Å². The molecule has 0 aliphatic heterocycles. The van der Waals surface area contributed by atoms with E-state index in [1.165, 1.54) is 0 Å². The lowest BCUT2D eigenvalue weighted by atomic mass is 9.91. The lowest BCUT2D eigenvalue weighted by molar-refractivity contribution is -0.125. The van der Waals surface area contributed by atoms with Crippen LogP contribution in [0.15, 0.2) is 48.7 Å². The number of hydrogen-bond acceptors (Lipinski definition) is 4. The van der Waals surface area contributed by atoms with E-state index in [9.17, 15) is 4.79 Å². The number of nitrogens with zero attached hydrogens (tertiary/aromatic N) is 3. The third kappa shape index (κ3) is 6.49. The summed E-state index contributed by atoms with van der Waals surface area (Å²) < 4.78 is 0. The Labute approximate surface area is 193 Å². The number of aryl methyl sites for hydroxylation is 1. The number of pyridine rings is 1. The van der Waals surface area contributed by atoms with Gasteiger partial charge in [0.2, 0.25) is 5.91 Å². The molecule has 3 rings (SSSR count). The van der Waals surface area contributed by atoms with Crippen LogP contribution < -0.4 is 5.32 Å². The predicted molar refractivity (Wildman–Crippen MR) is 125 cm³/mol. The molecule has 0 fully saturated rings. The summed E-state index contributed by atoms with van der Waals surface area (Å²) in [5.41, 5.74) is 3.02. The number of carbonyl (C=O) groups excluding carboxylic acids is 1. The first-order valence-corrected chi connectivity index (χ1v) is 11.1. The van der Waals surface area contributed by atoms with Gasteiger partial charge in [0.1, 0.15) is 5.69 Å². The van der Waals surface area contributed by atoms with Crippen LogP contribution in [-0.2, 0) is 17.8 Å². The number of nitrogens with one attached hydrogen (secondary N) is 1. The van der Waals surface area contributed by atoms with E-state index in [1.54, 1.807) is 6.20 Å². The summed E-state index contributed by atoms with van der Waals surface area (Å²) >= 11 is 12.5. The summed E-state index contributed by atoms with van der Waals surface area (Å²) in [6.07, 6.45) is 2.87. The fourth-order valence-corrected chi connectivity index (χ4v) is 3.67. The van der Waals surface area contributed by atoms with Gasteiger partial charge in [-0.2, -0.15) is 0 Å². The Balaban J connectivity index is 1.80. The van der Waals surface area contributed by atoms with Crippen molar-refractivity contribution >= 4 is 29.1 Å². The van der Waals surface area contributed by atoms with Crippen molar-refractivity contribution in [1.82, 2.24) is 20.3 Å². The van der Waals surface area contributed by atoms with Crippen molar-refractivity contribution < 1.29 is 4.79 Å². The molecule has 1 amide bonds. The number of halogens is 2. The van der Waals surface area contributed by atoms with Crippen molar-refractivity contribution in [2.45, 2.75) is 40.2 Å². The van der Waals surface area contributed by atoms with Gasteiger partial charge in [-0.3, -0.25) is 9.78 Å². The molecule has 1 aromatic carbocycles. The molecule has 0 aliphatic carbocycles. The van der Waals surface area contributed by atoms with Crippen LogP contribution >= 0.6 is 23.2 Å². The smallest absolute Gasteiger partial charge is 0.223 e. The second-order valence-corrected chi connectivity index (χ2v) is 8.80. The first-order chi connectivity index (χ1) is 14.8. The standard InChI is InChI=1S/C24H26Cl2N4O/c1-15(2)12-18(24(31)28-14-17-7-9-19(25)10-8-17)13-21-22(26)16(3)29-23(30-21)20-6-4-5-11-27-20/h4-11,15,18H,12-14H2,1-3H3,(H,28,31). The summed E-state index contributed by atoms with van der Waals surface area (Å²) in [5.74, 6) is 0.594. The number of benzene rings is 1. The van der Waals surface area contributed by atoms with Crippen molar-refractivity contribution in [3.05, 3.63) is 75.7 Å². The summed E-state index contributed by atoms with van der Waals surface area (Å²) in [6.45, 7) is 6.50. The average Bonchev–Trinajstić information content (AvgIpc) is 2.76. The molecule has 1 atom stereocenters. The molecule has 0 saturated carbocycles. The van der Waals surface area contributed by atoms with Crippen LogP contribution in [0.4, 0.5) is 0 Å². The molecular weight excluding hydrogens is 431 g/mol. The highest BCUT2D eigenvalue weighted by molar-refractivity contribution is 6.31. The maximum absolute atomic E-state index is 13.0. The lowest BCUT2D eigenvalue weighted by Gasteiger charge is -2.20. The monoisotopic (exact) mass is 456 g/mol. The number of amides is 1. The van der Waals surface area contributed by atoms with Crippen LogP contribution in [0.5, 0.6) is 0 Å². The number of aromatic nitrogens is 3. The van der Waals surface area contributed by atoms with Crippen molar-refractivity contribution in [2.24, 2.45) is 11.8 Å². The highest BCUT2D eigenvalue weighted by atomic mass is 35.5. The molecule has 7 heteroatoms. The Hall–Kier alpha value is -2.50. The molecule has 0 aliphatic rings. The van der Waals surface area contributed by atoms with Crippen LogP contribution in [0.2, 0.25) is 10.0 Å². The second kappa shape index (κ2) is 10.7. The van der Waals surface area contributed by atoms with E-state index in [0.717, 1.165) is 12.0 Å². The van der Waals surface area contributed by atoms with E-state index in [2.05, 4.69) is 34.1 Å². The SMILES string of the molecule is Cc1nc(-c2ccccn2)nc(CC(CC(C)C)C(=O)NCc2ccc(Cl)cc2)c1Cl. The zero-order valence-corrected chi connectivity index (χ0v) is 19.4. The molecule has 2 heterocycles. The topological polar surface area (TPSA) is 67.8 Å². The minimum absolute atomic E-state index is 0.0182. The van der Waals surface area contributed by atoms with Gasteiger partial charge in [0, 0.05) is 30.1 Å². The normalized spacial score (nSPS) is 12.1. The molecule has 1 unspecified atom stereocenters. The molecule has 31 heavy (non-hydrogen) atoms. The molecule has 0 saturated heterocycles. The molecular formula is C24H26Cl2N4O. The Kier molecular flexibility index (Phi) is 7.99. The molecule has 3 aromatic rings. The quantitative estimate of drug-likeness (QED) is 0.473. The Morgan fingerprint density at radius 1 is 1.06 bits per heavy atom. The second-order valence-electron chi connectivity index (χ2n) is 7.98. The van der Waals surface area contributed by atoms with E-state index in [-0.39, 0.29) is 11.8 Å². The zero-order chi connectivity index (χ0) is 22.4. The molecule has 0 bridgehead atoms. The molecule has 5 nitrogen and oxygen atoms in total. The van der Waals surface area contributed by atoms with Gasteiger partial charge in [0.15, 0.2) is 5.82 Å². The fraction of sp³-hybridized carbons (Fsp3) is 0.333. The van der Waals surface area contributed by atoms with Crippen molar-refractivity contribution in [2.75, 3.05) is 0 Å². The van der Waals surface area contributed by atoms with Gasteiger partial charge in [-0.15, -0.1) is 0 Å². The van der Waals surface area contributed by atoms with Gasteiger partial charge in [-0.05, 0) is 49.1 Å². The molecule has 0 spiro atoms. The van der Waals surface area contributed by atoms with E-state index in [4.69, 9.17) is 23.2 Å². The van der Waals surface area contributed by atoms with Crippen LogP contribution in [0.25, 0.3) is 11.5 Å². The third-order valence-corrected chi connectivity index (χ3v) is 5.67. The Morgan fingerprint density at radius 2 is 1.81 bits per heavy atom. The van der Waals surface area contributed by atoms with Crippen molar-refractivity contribution in [1.29, 1.82) is 0 Å². The van der Waals surface area contributed by atoms with E-state index >= 15 is 0 Å². The van der Waals surface area contributed by atoms with Gasteiger partial charge in [-0.1, -0.05) is 55.2 Å². The predicted octanol–water partition coefficient (Wildman–Crippen LogP) is 5.68. The van der Waals surface area contributed by atoms with Crippen LogP contribution in [0.1, 0.15) is 37.2 Å². The highest BCUT2D eigenvalue weighted by Crippen LogP contribution is 2.26. The summed E-state index contributed by atoms with van der Waals surface area (Å²) in [5, 5.41) is 4.21. The van der Waals surface area contributed by atoms with Gasteiger partial charge in [0.25, 0.3) is 0 Å². The summed E-state index contributed by atoms with van der Waals surface area (Å²) in [4.78, 5) is 26.5. The van der Waals surface area contributed by atoms with E-state index < -0.39 is 0 Å². The summed E-state index contributed by atoms with van der Waals surface area (Å²) in [6, 6.07) is 13.0. The van der Waals surface area contributed by atoms with Gasteiger partial charge >= 0.3 is 0 Å². The first kappa shape index (κ1) is 23.2. The maximum Gasteiger partial charge on any atom is 0.223 e. The van der Waals surface area contributed by atoms with Gasteiger partial charge in [-0.25, -0.2) is 9.97 Å². The Morgan fingerprint density at radius 3 is 2.45 bits per heavy atom.